The van der Waals surface area contributed by atoms with Crippen LogP contribution in [0.2, 0.25) is 0 Å². The maximum absolute atomic E-state index is 5.80. The molecule has 0 bridgehead atoms. The van der Waals surface area contributed by atoms with Crippen molar-refractivity contribution in [2.75, 3.05) is 6.61 Å². The molecule has 0 saturated carbocycles. The number of alkyl halides is 1. The van der Waals surface area contributed by atoms with Crippen molar-refractivity contribution < 1.29 is 4.74 Å². The molecular formula is C13H14ClNOS. The first kappa shape index (κ1) is 12.6. The Bertz CT molecular complexity index is 457. The Hall–Kier alpha value is -0.900. The van der Waals surface area contributed by atoms with Crippen molar-refractivity contribution in [3.05, 3.63) is 52.0 Å². The van der Waals surface area contributed by atoms with Gasteiger partial charge in [0.1, 0.15) is 11.1 Å². The van der Waals surface area contributed by atoms with E-state index in [9.17, 15) is 0 Å². The third-order valence-electron chi connectivity index (χ3n) is 2.36. The molecule has 2 aromatic rings. The molecule has 0 saturated heterocycles. The largest absolute Gasteiger partial charge is 0.367 e. The highest BCUT2D eigenvalue weighted by molar-refractivity contribution is 7.11. The first-order valence-corrected chi connectivity index (χ1v) is 6.87. The quantitative estimate of drug-likeness (QED) is 0.764. The van der Waals surface area contributed by atoms with Gasteiger partial charge in [-0.25, -0.2) is 4.98 Å². The number of rotatable bonds is 5. The summed E-state index contributed by atoms with van der Waals surface area (Å²) < 4.78 is 5.78. The van der Waals surface area contributed by atoms with Gasteiger partial charge >= 0.3 is 0 Å². The zero-order valence-electron chi connectivity index (χ0n) is 9.60. The summed E-state index contributed by atoms with van der Waals surface area (Å²) in [6.07, 6.45) is 1.74. The van der Waals surface area contributed by atoms with Crippen molar-refractivity contribution in [2.45, 2.75) is 18.9 Å². The Morgan fingerprint density at radius 3 is 2.71 bits per heavy atom. The number of benzene rings is 1. The molecule has 0 radical (unpaired) electrons. The molecule has 0 aliphatic heterocycles. The first-order valence-electron chi connectivity index (χ1n) is 5.52. The van der Waals surface area contributed by atoms with Gasteiger partial charge in [-0.3, -0.25) is 0 Å². The van der Waals surface area contributed by atoms with E-state index in [2.05, 4.69) is 17.1 Å². The molecule has 0 aliphatic carbocycles. The number of thiazole rings is 1. The predicted molar refractivity (Wildman–Crippen MR) is 71.6 cm³/mol. The molecular weight excluding hydrogens is 254 g/mol. The van der Waals surface area contributed by atoms with E-state index in [-0.39, 0.29) is 6.10 Å². The van der Waals surface area contributed by atoms with Crippen molar-refractivity contribution in [1.29, 1.82) is 0 Å². The SMILES string of the molecule is CCOC(c1ccccc1)c1ncc(CCl)s1. The number of nitrogens with zero attached hydrogens (tertiary/aromatic N) is 1. The van der Waals surface area contributed by atoms with Gasteiger partial charge in [-0.1, -0.05) is 30.3 Å². The lowest BCUT2D eigenvalue weighted by Crippen LogP contribution is -2.05. The first-order chi connectivity index (χ1) is 8.35. The van der Waals surface area contributed by atoms with Gasteiger partial charge in [0.15, 0.2) is 0 Å². The monoisotopic (exact) mass is 267 g/mol. The van der Waals surface area contributed by atoms with E-state index < -0.39 is 0 Å². The average molecular weight is 268 g/mol. The maximum atomic E-state index is 5.80. The summed E-state index contributed by atoms with van der Waals surface area (Å²) in [5.74, 6) is 0.505. The van der Waals surface area contributed by atoms with Gasteiger partial charge in [-0.15, -0.1) is 22.9 Å². The fourth-order valence-electron chi connectivity index (χ4n) is 1.61. The van der Waals surface area contributed by atoms with Gasteiger partial charge in [-0.2, -0.15) is 0 Å². The van der Waals surface area contributed by atoms with Crippen LogP contribution in [0.3, 0.4) is 0 Å². The molecule has 1 heterocycles. The van der Waals surface area contributed by atoms with Crippen molar-refractivity contribution in [2.24, 2.45) is 0 Å². The Morgan fingerprint density at radius 1 is 1.35 bits per heavy atom. The lowest BCUT2D eigenvalue weighted by atomic mass is 10.1. The molecule has 0 amide bonds. The van der Waals surface area contributed by atoms with Crippen LogP contribution in [-0.4, -0.2) is 11.6 Å². The molecule has 1 unspecified atom stereocenters. The summed E-state index contributed by atoms with van der Waals surface area (Å²) in [7, 11) is 0. The van der Waals surface area contributed by atoms with Gasteiger partial charge < -0.3 is 4.74 Å². The Labute approximate surface area is 110 Å². The Morgan fingerprint density at radius 2 is 2.12 bits per heavy atom. The second-order valence-electron chi connectivity index (χ2n) is 3.54. The highest BCUT2D eigenvalue weighted by Crippen LogP contribution is 2.29. The van der Waals surface area contributed by atoms with Crippen LogP contribution in [0.25, 0.3) is 0 Å². The van der Waals surface area contributed by atoms with E-state index in [0.717, 1.165) is 15.4 Å². The van der Waals surface area contributed by atoms with Crippen LogP contribution in [0.5, 0.6) is 0 Å². The molecule has 0 spiro atoms. The van der Waals surface area contributed by atoms with Gasteiger partial charge in [-0.05, 0) is 12.5 Å². The molecule has 0 fully saturated rings. The van der Waals surface area contributed by atoms with E-state index in [0.29, 0.717) is 12.5 Å². The zero-order chi connectivity index (χ0) is 12.1. The van der Waals surface area contributed by atoms with Crippen LogP contribution in [0.15, 0.2) is 36.5 Å². The number of hydrogen-bond acceptors (Lipinski definition) is 3. The molecule has 17 heavy (non-hydrogen) atoms. The van der Waals surface area contributed by atoms with Crippen LogP contribution in [0.1, 0.15) is 28.5 Å². The normalized spacial score (nSPS) is 12.6. The minimum absolute atomic E-state index is 0.0804. The third-order valence-corrected chi connectivity index (χ3v) is 3.85. The summed E-state index contributed by atoms with van der Waals surface area (Å²) in [6, 6.07) is 10.1. The average Bonchev–Trinajstić information content (AvgIpc) is 2.85. The van der Waals surface area contributed by atoms with E-state index in [4.69, 9.17) is 16.3 Å². The van der Waals surface area contributed by atoms with Gasteiger partial charge in [0, 0.05) is 17.7 Å². The van der Waals surface area contributed by atoms with Crippen LogP contribution in [0, 0.1) is 0 Å². The number of hydrogen-bond donors (Lipinski definition) is 0. The van der Waals surface area contributed by atoms with E-state index in [1.54, 1.807) is 11.3 Å². The molecule has 1 atom stereocenters. The second kappa shape index (κ2) is 6.15. The minimum atomic E-state index is -0.0804. The zero-order valence-corrected chi connectivity index (χ0v) is 11.2. The van der Waals surface area contributed by atoms with E-state index in [1.807, 2.05) is 31.3 Å². The lowest BCUT2D eigenvalue weighted by Gasteiger charge is -2.14. The predicted octanol–water partition coefficient (Wildman–Crippen LogP) is 4.01. The number of aromatic nitrogens is 1. The molecule has 1 aromatic carbocycles. The summed E-state index contributed by atoms with van der Waals surface area (Å²) >= 11 is 7.41. The molecule has 90 valence electrons. The van der Waals surface area contributed by atoms with Crippen molar-refractivity contribution in [3.8, 4) is 0 Å². The topological polar surface area (TPSA) is 22.1 Å². The number of halogens is 1. The minimum Gasteiger partial charge on any atom is -0.367 e. The highest BCUT2D eigenvalue weighted by atomic mass is 35.5. The fourth-order valence-corrected chi connectivity index (χ4v) is 2.69. The third kappa shape index (κ3) is 3.06. The van der Waals surface area contributed by atoms with Crippen LogP contribution in [0.4, 0.5) is 0 Å². The van der Waals surface area contributed by atoms with Gasteiger partial charge in [0.2, 0.25) is 0 Å². The Kier molecular flexibility index (Phi) is 4.54. The molecule has 0 aliphatic rings. The molecule has 0 N–H and O–H groups in total. The highest BCUT2D eigenvalue weighted by Gasteiger charge is 2.17. The van der Waals surface area contributed by atoms with Crippen molar-refractivity contribution >= 4 is 22.9 Å². The summed E-state index contributed by atoms with van der Waals surface area (Å²) in [6.45, 7) is 2.65. The summed E-state index contributed by atoms with van der Waals surface area (Å²) in [5.41, 5.74) is 1.13. The smallest absolute Gasteiger partial charge is 0.134 e. The van der Waals surface area contributed by atoms with E-state index in [1.165, 1.54) is 0 Å². The maximum Gasteiger partial charge on any atom is 0.134 e. The molecule has 2 rings (SSSR count). The Balaban J connectivity index is 2.28. The van der Waals surface area contributed by atoms with Crippen LogP contribution >= 0.6 is 22.9 Å². The van der Waals surface area contributed by atoms with Crippen LogP contribution < -0.4 is 0 Å². The second-order valence-corrected chi connectivity index (χ2v) is 4.96. The standard InChI is InChI=1S/C13H14ClNOS/c1-2-16-12(10-6-4-3-5-7-10)13-15-9-11(8-14)17-13/h3-7,9,12H,2,8H2,1H3. The molecule has 4 heteroatoms. The fraction of sp³-hybridized carbons (Fsp3) is 0.308. The number of ether oxygens (including phenoxy) is 1. The summed E-state index contributed by atoms with van der Waals surface area (Å²) in [4.78, 5) is 5.46. The van der Waals surface area contributed by atoms with Crippen molar-refractivity contribution in [3.63, 3.8) is 0 Å². The van der Waals surface area contributed by atoms with Gasteiger partial charge in [0.25, 0.3) is 0 Å². The molecule has 2 nitrogen and oxygen atoms in total. The van der Waals surface area contributed by atoms with Crippen molar-refractivity contribution in [1.82, 2.24) is 4.98 Å². The summed E-state index contributed by atoms with van der Waals surface area (Å²) in [5, 5.41) is 0.966. The van der Waals surface area contributed by atoms with Gasteiger partial charge in [0.05, 0.1) is 5.88 Å². The lowest BCUT2D eigenvalue weighted by molar-refractivity contribution is 0.0911. The van der Waals surface area contributed by atoms with Crippen LogP contribution in [-0.2, 0) is 10.6 Å². The van der Waals surface area contributed by atoms with E-state index >= 15 is 0 Å². The molecule has 1 aromatic heterocycles.